The van der Waals surface area contributed by atoms with Crippen molar-refractivity contribution in [2.75, 3.05) is 6.54 Å². The molecule has 3 heteroatoms. The molecule has 0 spiro atoms. The van der Waals surface area contributed by atoms with Gasteiger partial charge in [0.1, 0.15) is 0 Å². The molecule has 0 bridgehead atoms. The number of hydrogen-bond donors (Lipinski definition) is 0. The van der Waals surface area contributed by atoms with Gasteiger partial charge in [-0.25, -0.2) is 0 Å². The minimum absolute atomic E-state index is 0.0162. The second-order valence-electron chi connectivity index (χ2n) is 2.14. The van der Waals surface area contributed by atoms with E-state index in [1.165, 1.54) is 0 Å². The first-order valence-electron chi connectivity index (χ1n) is 2.82. The van der Waals surface area contributed by atoms with Crippen molar-refractivity contribution in [3.63, 3.8) is 0 Å². The van der Waals surface area contributed by atoms with E-state index in [0.29, 0.717) is 0 Å². The third-order valence-electron chi connectivity index (χ3n) is 1.44. The number of amides is 1. The summed E-state index contributed by atoms with van der Waals surface area (Å²) < 4.78 is 12.2. The standard InChI is InChI=1S/C6H8FNO/c1-2-5-3-6(9)8(7)4-5/h2,5H,1,3-4H2. The topological polar surface area (TPSA) is 20.3 Å². The summed E-state index contributed by atoms with van der Waals surface area (Å²) in [7, 11) is 0. The SMILES string of the molecule is C=CC1CC(=O)N(F)C1. The molecule has 1 aliphatic rings. The van der Waals surface area contributed by atoms with Gasteiger partial charge in [-0.15, -0.1) is 6.58 Å². The fourth-order valence-corrected chi connectivity index (χ4v) is 0.853. The fourth-order valence-electron chi connectivity index (χ4n) is 0.853. The van der Waals surface area contributed by atoms with Crippen molar-refractivity contribution >= 4 is 5.91 Å². The van der Waals surface area contributed by atoms with Crippen molar-refractivity contribution in [1.82, 2.24) is 5.12 Å². The number of carbonyl (C=O) groups is 1. The van der Waals surface area contributed by atoms with Crippen molar-refractivity contribution in [2.24, 2.45) is 5.92 Å². The molecule has 1 unspecified atom stereocenters. The molecule has 0 radical (unpaired) electrons. The Labute approximate surface area is 52.9 Å². The second-order valence-corrected chi connectivity index (χ2v) is 2.14. The first-order valence-corrected chi connectivity index (χ1v) is 2.82. The molecule has 1 rings (SSSR count). The van der Waals surface area contributed by atoms with Gasteiger partial charge in [-0.2, -0.15) is 5.12 Å². The third kappa shape index (κ3) is 1.09. The van der Waals surface area contributed by atoms with Crippen molar-refractivity contribution in [3.05, 3.63) is 12.7 Å². The summed E-state index contributed by atoms with van der Waals surface area (Å²) in [6, 6.07) is 0. The van der Waals surface area contributed by atoms with Crippen molar-refractivity contribution in [3.8, 4) is 0 Å². The van der Waals surface area contributed by atoms with Crippen LogP contribution >= 0.6 is 0 Å². The molecule has 50 valence electrons. The molecular weight excluding hydrogens is 121 g/mol. The van der Waals surface area contributed by atoms with E-state index < -0.39 is 5.91 Å². The highest BCUT2D eigenvalue weighted by Crippen LogP contribution is 2.17. The summed E-state index contributed by atoms with van der Waals surface area (Å²) in [5, 5.41) is 0.242. The minimum Gasteiger partial charge on any atom is -0.272 e. The summed E-state index contributed by atoms with van der Waals surface area (Å²) in [5.41, 5.74) is 0. The molecule has 0 aliphatic carbocycles. The van der Waals surface area contributed by atoms with Crippen LogP contribution in [0.25, 0.3) is 0 Å². The Morgan fingerprint density at radius 2 is 2.56 bits per heavy atom. The summed E-state index contributed by atoms with van der Waals surface area (Å²) in [6.07, 6.45) is 1.89. The molecular formula is C6H8FNO. The molecule has 0 saturated carbocycles. The van der Waals surface area contributed by atoms with E-state index in [9.17, 15) is 9.28 Å². The molecule has 0 N–H and O–H groups in total. The van der Waals surface area contributed by atoms with Gasteiger partial charge in [-0.3, -0.25) is 4.79 Å². The second kappa shape index (κ2) is 2.17. The summed E-state index contributed by atoms with van der Waals surface area (Å²) in [6.45, 7) is 3.65. The van der Waals surface area contributed by atoms with Crippen LogP contribution < -0.4 is 0 Å². The number of carbonyl (C=O) groups excluding carboxylic acids is 1. The molecule has 1 saturated heterocycles. The molecule has 0 aromatic rings. The Hall–Kier alpha value is -0.860. The lowest BCUT2D eigenvalue weighted by atomic mass is 10.1. The van der Waals surface area contributed by atoms with Gasteiger partial charge in [0.25, 0.3) is 5.91 Å². The van der Waals surface area contributed by atoms with Crippen LogP contribution in [-0.2, 0) is 4.79 Å². The van der Waals surface area contributed by atoms with Crippen molar-refractivity contribution < 1.29 is 9.28 Å². The Bertz CT molecular complexity index is 146. The van der Waals surface area contributed by atoms with Gasteiger partial charge >= 0.3 is 0 Å². The molecule has 1 amide bonds. The normalized spacial score (nSPS) is 27.0. The van der Waals surface area contributed by atoms with Crippen LogP contribution in [0.4, 0.5) is 4.48 Å². The molecule has 9 heavy (non-hydrogen) atoms. The Morgan fingerprint density at radius 3 is 2.78 bits per heavy atom. The third-order valence-corrected chi connectivity index (χ3v) is 1.44. The quantitative estimate of drug-likeness (QED) is 0.380. The number of hydrogen-bond acceptors (Lipinski definition) is 1. The zero-order valence-electron chi connectivity index (χ0n) is 5.01. The monoisotopic (exact) mass is 129 g/mol. The largest absolute Gasteiger partial charge is 0.272 e. The highest BCUT2D eigenvalue weighted by molar-refractivity contribution is 5.77. The van der Waals surface area contributed by atoms with E-state index in [4.69, 9.17) is 0 Å². The molecule has 1 fully saturated rings. The molecule has 1 atom stereocenters. The molecule has 2 nitrogen and oxygen atoms in total. The van der Waals surface area contributed by atoms with Gasteiger partial charge < -0.3 is 0 Å². The average molecular weight is 129 g/mol. The molecule has 0 aromatic carbocycles. The maximum Gasteiger partial charge on any atom is 0.250 e. The van der Waals surface area contributed by atoms with Gasteiger partial charge in [0.05, 0.1) is 6.54 Å². The smallest absolute Gasteiger partial charge is 0.250 e. The van der Waals surface area contributed by atoms with E-state index in [1.807, 2.05) is 0 Å². The zero-order chi connectivity index (χ0) is 6.85. The Morgan fingerprint density at radius 1 is 1.89 bits per heavy atom. The van der Waals surface area contributed by atoms with Gasteiger partial charge in [-0.05, 0) is 0 Å². The summed E-state index contributed by atoms with van der Waals surface area (Å²) in [4.78, 5) is 10.4. The highest BCUT2D eigenvalue weighted by atomic mass is 19.2. The number of nitrogens with zero attached hydrogens (tertiary/aromatic N) is 1. The van der Waals surface area contributed by atoms with Crippen LogP contribution in [0.1, 0.15) is 6.42 Å². The Kier molecular flexibility index (Phi) is 1.51. The van der Waals surface area contributed by atoms with Crippen LogP contribution in [-0.4, -0.2) is 17.6 Å². The van der Waals surface area contributed by atoms with Crippen LogP contribution in [0.3, 0.4) is 0 Å². The van der Waals surface area contributed by atoms with Crippen LogP contribution in [0.2, 0.25) is 0 Å². The van der Waals surface area contributed by atoms with Crippen molar-refractivity contribution in [1.29, 1.82) is 0 Å². The minimum atomic E-state index is -0.431. The van der Waals surface area contributed by atoms with E-state index in [0.717, 1.165) is 0 Å². The lowest BCUT2D eigenvalue weighted by Gasteiger charge is -1.98. The average Bonchev–Trinajstić information content (AvgIpc) is 2.13. The Balaban J connectivity index is 2.53. The first kappa shape index (κ1) is 6.26. The van der Waals surface area contributed by atoms with E-state index in [2.05, 4.69) is 6.58 Å². The molecule has 1 aliphatic heterocycles. The van der Waals surface area contributed by atoms with Gasteiger partial charge in [0.2, 0.25) is 0 Å². The fraction of sp³-hybridized carbons (Fsp3) is 0.500. The van der Waals surface area contributed by atoms with E-state index in [1.54, 1.807) is 6.08 Å². The van der Waals surface area contributed by atoms with Gasteiger partial charge in [0, 0.05) is 12.3 Å². The van der Waals surface area contributed by atoms with E-state index >= 15 is 0 Å². The molecule has 0 aromatic heterocycles. The summed E-state index contributed by atoms with van der Waals surface area (Å²) >= 11 is 0. The van der Waals surface area contributed by atoms with Gasteiger partial charge in [-0.1, -0.05) is 10.6 Å². The van der Waals surface area contributed by atoms with Crippen LogP contribution in [0, 0.1) is 5.92 Å². The number of halogens is 1. The van der Waals surface area contributed by atoms with E-state index in [-0.39, 0.29) is 24.0 Å². The number of rotatable bonds is 1. The zero-order valence-corrected chi connectivity index (χ0v) is 5.01. The molecule has 1 heterocycles. The van der Waals surface area contributed by atoms with Crippen LogP contribution in [0.15, 0.2) is 12.7 Å². The van der Waals surface area contributed by atoms with Crippen molar-refractivity contribution in [2.45, 2.75) is 6.42 Å². The predicted octanol–water partition coefficient (Wildman–Crippen LogP) is 0.905. The maximum absolute atomic E-state index is 12.2. The summed E-state index contributed by atoms with van der Waals surface area (Å²) in [5.74, 6) is -0.414. The van der Waals surface area contributed by atoms with Gasteiger partial charge in [0.15, 0.2) is 0 Å². The lowest BCUT2D eigenvalue weighted by Crippen LogP contribution is -2.13. The highest BCUT2D eigenvalue weighted by Gasteiger charge is 2.27. The first-order chi connectivity index (χ1) is 4.24. The predicted molar refractivity (Wildman–Crippen MR) is 31.1 cm³/mol. The maximum atomic E-state index is 12.2. The lowest BCUT2D eigenvalue weighted by molar-refractivity contribution is -0.140. The van der Waals surface area contributed by atoms with Crippen LogP contribution in [0.5, 0.6) is 0 Å².